The highest BCUT2D eigenvalue weighted by atomic mass is 32.2. The van der Waals surface area contributed by atoms with Gasteiger partial charge in [-0.15, -0.1) is 4.40 Å². The molecule has 0 fully saturated rings. The number of ether oxygens (including phenoxy) is 3. The number of benzene rings is 2. The van der Waals surface area contributed by atoms with E-state index in [1.54, 1.807) is 19.2 Å². The molecule has 2 aromatic carbocycles. The van der Waals surface area contributed by atoms with Crippen LogP contribution in [0, 0.1) is 0 Å². The summed E-state index contributed by atoms with van der Waals surface area (Å²) in [6.45, 7) is 3.47. The normalized spacial score (nSPS) is 12.5. The van der Waals surface area contributed by atoms with Gasteiger partial charge in [0.15, 0.2) is 0 Å². The minimum Gasteiger partial charge on any atom is -0.497 e. The standard InChI is InChI=1S/C19H22N2O5S2/c1-4-26-12-11-21-17-10-7-15(25-3)13-18(17)27-19(21)20-28(22,23)16-8-5-14(24-2)6-9-16/h5-10,13H,4,11-12H2,1-3H3. The fourth-order valence-corrected chi connectivity index (χ4v) is 4.96. The summed E-state index contributed by atoms with van der Waals surface area (Å²) >= 11 is 1.30. The van der Waals surface area contributed by atoms with Crippen molar-refractivity contribution in [2.24, 2.45) is 4.40 Å². The quantitative estimate of drug-likeness (QED) is 0.522. The number of methoxy groups -OCH3 is 2. The van der Waals surface area contributed by atoms with E-state index in [0.717, 1.165) is 10.2 Å². The van der Waals surface area contributed by atoms with Gasteiger partial charge in [0.2, 0.25) is 4.80 Å². The largest absolute Gasteiger partial charge is 0.497 e. The maximum absolute atomic E-state index is 12.8. The zero-order chi connectivity index (χ0) is 20.1. The summed E-state index contributed by atoms with van der Waals surface area (Å²) < 4.78 is 48.3. The number of thiazole rings is 1. The summed E-state index contributed by atoms with van der Waals surface area (Å²) in [5.41, 5.74) is 0.884. The number of hydrogen-bond acceptors (Lipinski definition) is 6. The van der Waals surface area contributed by atoms with Crippen molar-refractivity contribution >= 4 is 31.6 Å². The fraction of sp³-hybridized carbons (Fsp3) is 0.316. The van der Waals surface area contributed by atoms with Gasteiger partial charge >= 0.3 is 0 Å². The lowest BCUT2D eigenvalue weighted by Gasteiger charge is -2.06. The SMILES string of the molecule is CCOCCn1c(=NS(=O)(=O)c2ccc(OC)cc2)sc2cc(OC)ccc21. The van der Waals surface area contributed by atoms with Crippen LogP contribution in [0.4, 0.5) is 0 Å². The van der Waals surface area contributed by atoms with Crippen LogP contribution < -0.4 is 14.3 Å². The van der Waals surface area contributed by atoms with Gasteiger partial charge in [-0.2, -0.15) is 8.42 Å². The number of sulfonamides is 1. The van der Waals surface area contributed by atoms with E-state index in [9.17, 15) is 8.42 Å². The van der Waals surface area contributed by atoms with E-state index < -0.39 is 10.0 Å². The maximum atomic E-state index is 12.8. The van der Waals surface area contributed by atoms with Gasteiger partial charge in [0.05, 0.1) is 35.9 Å². The lowest BCUT2D eigenvalue weighted by atomic mass is 10.3. The van der Waals surface area contributed by atoms with Crippen LogP contribution in [-0.2, 0) is 21.3 Å². The third kappa shape index (κ3) is 4.37. The van der Waals surface area contributed by atoms with Gasteiger partial charge in [-0.3, -0.25) is 0 Å². The number of aromatic nitrogens is 1. The first kappa shape index (κ1) is 20.4. The Hall–Kier alpha value is -2.36. The number of hydrogen-bond donors (Lipinski definition) is 0. The van der Waals surface area contributed by atoms with Gasteiger partial charge < -0.3 is 18.8 Å². The third-order valence-corrected chi connectivity index (χ3v) is 6.55. The summed E-state index contributed by atoms with van der Waals surface area (Å²) in [6.07, 6.45) is 0. The van der Waals surface area contributed by atoms with Gasteiger partial charge in [-0.05, 0) is 49.4 Å². The van der Waals surface area contributed by atoms with Crippen molar-refractivity contribution in [2.45, 2.75) is 18.4 Å². The molecule has 0 radical (unpaired) electrons. The lowest BCUT2D eigenvalue weighted by molar-refractivity contribution is 0.139. The summed E-state index contributed by atoms with van der Waals surface area (Å²) in [4.78, 5) is 0.499. The monoisotopic (exact) mass is 422 g/mol. The molecule has 9 heteroatoms. The summed E-state index contributed by atoms with van der Waals surface area (Å²) in [5.74, 6) is 1.29. The van der Waals surface area contributed by atoms with E-state index >= 15 is 0 Å². The Balaban J connectivity index is 2.11. The van der Waals surface area contributed by atoms with E-state index in [4.69, 9.17) is 14.2 Å². The summed E-state index contributed by atoms with van der Waals surface area (Å²) in [6, 6.07) is 11.8. The first-order chi connectivity index (χ1) is 13.5. The zero-order valence-electron chi connectivity index (χ0n) is 15.9. The van der Waals surface area contributed by atoms with Crippen molar-refractivity contribution in [3.05, 3.63) is 47.3 Å². The van der Waals surface area contributed by atoms with Gasteiger partial charge in [-0.25, -0.2) is 0 Å². The Morgan fingerprint density at radius 2 is 1.71 bits per heavy atom. The Kier molecular flexibility index (Phi) is 6.38. The van der Waals surface area contributed by atoms with Crippen LogP contribution >= 0.6 is 11.3 Å². The molecular formula is C19H22N2O5S2. The van der Waals surface area contributed by atoms with Crippen LogP contribution in [0.15, 0.2) is 51.8 Å². The third-order valence-electron chi connectivity index (χ3n) is 4.11. The first-order valence-electron chi connectivity index (χ1n) is 8.68. The molecule has 1 heterocycles. The topological polar surface area (TPSA) is 79.1 Å². The van der Waals surface area contributed by atoms with Crippen LogP contribution in [0.25, 0.3) is 10.2 Å². The van der Waals surface area contributed by atoms with Crippen LogP contribution in [0.1, 0.15) is 6.92 Å². The maximum Gasteiger partial charge on any atom is 0.285 e. The molecule has 150 valence electrons. The Labute approximate surface area is 167 Å². The van der Waals surface area contributed by atoms with E-state index in [0.29, 0.717) is 36.1 Å². The molecule has 0 spiro atoms. The Morgan fingerprint density at radius 3 is 2.36 bits per heavy atom. The van der Waals surface area contributed by atoms with Gasteiger partial charge in [0.25, 0.3) is 10.0 Å². The molecular weight excluding hydrogens is 400 g/mol. The average Bonchev–Trinajstić information content (AvgIpc) is 3.03. The van der Waals surface area contributed by atoms with Crippen molar-refractivity contribution in [1.82, 2.24) is 4.57 Å². The molecule has 3 aromatic rings. The highest BCUT2D eigenvalue weighted by molar-refractivity contribution is 7.90. The van der Waals surface area contributed by atoms with E-state index in [2.05, 4.69) is 4.40 Å². The van der Waals surface area contributed by atoms with Crippen molar-refractivity contribution in [3.63, 3.8) is 0 Å². The van der Waals surface area contributed by atoms with E-state index in [-0.39, 0.29) is 4.90 Å². The summed E-state index contributed by atoms with van der Waals surface area (Å²) in [5, 5.41) is 0. The molecule has 7 nitrogen and oxygen atoms in total. The van der Waals surface area contributed by atoms with Gasteiger partial charge in [0.1, 0.15) is 11.5 Å². The van der Waals surface area contributed by atoms with Gasteiger partial charge in [0, 0.05) is 13.2 Å². The fourth-order valence-electron chi connectivity index (χ4n) is 2.67. The van der Waals surface area contributed by atoms with Crippen LogP contribution in [0.5, 0.6) is 11.5 Å². The second-order valence-corrected chi connectivity index (χ2v) is 8.42. The second kappa shape index (κ2) is 8.76. The summed E-state index contributed by atoms with van der Waals surface area (Å²) in [7, 11) is -0.745. The predicted octanol–water partition coefficient (Wildman–Crippen LogP) is 3.05. The second-order valence-electron chi connectivity index (χ2n) is 5.81. The predicted molar refractivity (Wildman–Crippen MR) is 109 cm³/mol. The minimum atomic E-state index is -3.87. The van der Waals surface area contributed by atoms with Crippen molar-refractivity contribution < 1.29 is 22.6 Å². The molecule has 0 saturated carbocycles. The Bertz CT molecular complexity index is 1120. The molecule has 3 rings (SSSR count). The lowest BCUT2D eigenvalue weighted by Crippen LogP contribution is -2.19. The van der Waals surface area contributed by atoms with Crippen LogP contribution in [0.3, 0.4) is 0 Å². The molecule has 1 aromatic heterocycles. The molecule has 28 heavy (non-hydrogen) atoms. The molecule has 0 atom stereocenters. The molecule has 0 aliphatic carbocycles. The molecule has 0 amide bonds. The minimum absolute atomic E-state index is 0.111. The number of fused-ring (bicyclic) bond motifs is 1. The smallest absolute Gasteiger partial charge is 0.285 e. The average molecular weight is 423 g/mol. The van der Waals surface area contributed by atoms with Gasteiger partial charge in [-0.1, -0.05) is 11.3 Å². The molecule has 0 aliphatic heterocycles. The van der Waals surface area contributed by atoms with Crippen molar-refractivity contribution in [3.8, 4) is 11.5 Å². The first-order valence-corrected chi connectivity index (χ1v) is 10.9. The van der Waals surface area contributed by atoms with E-state index in [1.165, 1.54) is 30.6 Å². The van der Waals surface area contributed by atoms with Crippen molar-refractivity contribution in [2.75, 3.05) is 27.4 Å². The van der Waals surface area contributed by atoms with Crippen LogP contribution in [0.2, 0.25) is 0 Å². The van der Waals surface area contributed by atoms with Crippen LogP contribution in [-0.4, -0.2) is 40.4 Å². The Morgan fingerprint density at radius 1 is 1.04 bits per heavy atom. The highest BCUT2D eigenvalue weighted by Crippen LogP contribution is 2.24. The van der Waals surface area contributed by atoms with E-state index in [1.807, 2.05) is 29.7 Å². The number of rotatable bonds is 8. The molecule has 0 aliphatic rings. The number of nitrogens with zero attached hydrogens (tertiary/aromatic N) is 2. The molecule has 0 unspecified atom stereocenters. The van der Waals surface area contributed by atoms with Crippen molar-refractivity contribution in [1.29, 1.82) is 0 Å². The molecule has 0 saturated heterocycles. The molecule has 0 bridgehead atoms. The molecule has 0 N–H and O–H groups in total. The zero-order valence-corrected chi connectivity index (χ0v) is 17.5. The highest BCUT2D eigenvalue weighted by Gasteiger charge is 2.15.